The van der Waals surface area contributed by atoms with Crippen molar-refractivity contribution < 1.29 is 23.4 Å². The zero-order valence-electron chi connectivity index (χ0n) is 16.5. The van der Waals surface area contributed by atoms with E-state index in [4.69, 9.17) is 14.2 Å². The van der Waals surface area contributed by atoms with Crippen molar-refractivity contribution >= 4 is 5.91 Å². The summed E-state index contributed by atoms with van der Waals surface area (Å²) in [6, 6.07) is 12.3. The van der Waals surface area contributed by atoms with Gasteiger partial charge in [-0.3, -0.25) is 4.79 Å². The number of hydrogen-bond acceptors (Lipinski definition) is 4. The van der Waals surface area contributed by atoms with Crippen LogP contribution in [0.4, 0.5) is 4.39 Å². The number of benzene rings is 2. The highest BCUT2D eigenvalue weighted by molar-refractivity contribution is 5.82. The fourth-order valence-electron chi connectivity index (χ4n) is 3.82. The Hall–Kier alpha value is -2.60. The molecule has 1 N–H and O–H groups in total. The lowest BCUT2D eigenvalue weighted by molar-refractivity contribution is -0.122. The first kappa shape index (κ1) is 19.7. The second kappa shape index (κ2) is 8.82. The molecule has 1 amide bonds. The number of nitrogens with one attached hydrogen (secondary N) is 1. The lowest BCUT2D eigenvalue weighted by Crippen LogP contribution is -2.25. The number of halogens is 1. The summed E-state index contributed by atoms with van der Waals surface area (Å²) in [5, 5.41) is 2.95. The molecule has 2 fully saturated rings. The van der Waals surface area contributed by atoms with Crippen molar-refractivity contribution in [1.82, 2.24) is 5.32 Å². The van der Waals surface area contributed by atoms with Crippen LogP contribution in [0.2, 0.25) is 0 Å². The van der Waals surface area contributed by atoms with Crippen LogP contribution >= 0.6 is 0 Å². The summed E-state index contributed by atoms with van der Waals surface area (Å²) >= 11 is 0. The molecule has 0 spiro atoms. The maximum Gasteiger partial charge on any atom is 0.224 e. The Morgan fingerprint density at radius 1 is 1.24 bits per heavy atom. The van der Waals surface area contributed by atoms with Crippen molar-refractivity contribution in [2.45, 2.75) is 37.8 Å². The van der Waals surface area contributed by atoms with E-state index in [9.17, 15) is 9.18 Å². The predicted octanol–water partition coefficient (Wildman–Crippen LogP) is 3.81. The molecule has 2 aliphatic rings. The standard InChI is InChI=1S/C23H26FNO4/c1-27-22-11-15(8-9-21(22)29-14-16-5-4-10-28-16)13-25-23(26)19-12-18(19)17-6-2-3-7-20(17)24/h2-3,6-9,11,16,18-19H,4-5,10,12-14H2,1H3,(H,25,26). The minimum Gasteiger partial charge on any atom is -0.493 e. The summed E-state index contributed by atoms with van der Waals surface area (Å²) < 4.78 is 30.7. The van der Waals surface area contributed by atoms with Gasteiger partial charge < -0.3 is 19.5 Å². The number of ether oxygens (including phenoxy) is 3. The number of rotatable bonds is 8. The van der Waals surface area contributed by atoms with Gasteiger partial charge in [0.15, 0.2) is 11.5 Å². The monoisotopic (exact) mass is 399 g/mol. The zero-order valence-corrected chi connectivity index (χ0v) is 16.5. The van der Waals surface area contributed by atoms with Gasteiger partial charge in [-0.05, 0) is 54.5 Å². The molecule has 3 atom stereocenters. The number of hydrogen-bond donors (Lipinski definition) is 1. The SMILES string of the molecule is COc1cc(CNC(=O)C2CC2c2ccccc2F)ccc1OCC1CCCO1. The number of methoxy groups -OCH3 is 1. The normalized spacial score (nSPS) is 22.9. The number of carbonyl (C=O) groups excluding carboxylic acids is 1. The van der Waals surface area contributed by atoms with Crippen LogP contribution in [0.3, 0.4) is 0 Å². The van der Waals surface area contributed by atoms with Crippen LogP contribution in [0, 0.1) is 11.7 Å². The molecule has 1 saturated carbocycles. The van der Waals surface area contributed by atoms with E-state index in [1.165, 1.54) is 6.07 Å². The van der Waals surface area contributed by atoms with Crippen molar-refractivity contribution in [1.29, 1.82) is 0 Å². The quantitative estimate of drug-likeness (QED) is 0.733. The third-order valence-electron chi connectivity index (χ3n) is 5.58. The Kier molecular flexibility index (Phi) is 6.00. The highest BCUT2D eigenvalue weighted by Gasteiger charge is 2.44. The molecule has 29 heavy (non-hydrogen) atoms. The molecular weight excluding hydrogens is 373 g/mol. The predicted molar refractivity (Wildman–Crippen MR) is 107 cm³/mol. The van der Waals surface area contributed by atoms with Gasteiger partial charge in [0.2, 0.25) is 5.91 Å². The maximum absolute atomic E-state index is 13.9. The average Bonchev–Trinajstić information content (AvgIpc) is 3.36. The second-order valence-corrected chi connectivity index (χ2v) is 7.62. The van der Waals surface area contributed by atoms with Crippen LogP contribution in [-0.4, -0.2) is 32.3 Å². The third-order valence-corrected chi connectivity index (χ3v) is 5.58. The molecule has 6 heteroatoms. The van der Waals surface area contributed by atoms with E-state index in [2.05, 4.69) is 5.32 Å². The van der Waals surface area contributed by atoms with E-state index in [1.54, 1.807) is 25.3 Å². The van der Waals surface area contributed by atoms with Gasteiger partial charge in [0.25, 0.3) is 0 Å². The third kappa shape index (κ3) is 4.70. The fraction of sp³-hybridized carbons (Fsp3) is 0.435. The minimum absolute atomic E-state index is 0.0284. The largest absolute Gasteiger partial charge is 0.493 e. The van der Waals surface area contributed by atoms with Gasteiger partial charge in [0.05, 0.1) is 13.2 Å². The summed E-state index contributed by atoms with van der Waals surface area (Å²) in [4.78, 5) is 12.4. The molecule has 1 aliphatic heterocycles. The highest BCUT2D eigenvalue weighted by atomic mass is 19.1. The van der Waals surface area contributed by atoms with Crippen molar-refractivity contribution in [3.05, 3.63) is 59.4 Å². The Morgan fingerprint density at radius 3 is 2.86 bits per heavy atom. The van der Waals surface area contributed by atoms with Crippen molar-refractivity contribution in [2.75, 3.05) is 20.3 Å². The summed E-state index contributed by atoms with van der Waals surface area (Å²) in [6.45, 7) is 1.69. The minimum atomic E-state index is -0.240. The Balaban J connectivity index is 1.30. The molecule has 0 aromatic heterocycles. The topological polar surface area (TPSA) is 56.8 Å². The first-order valence-electron chi connectivity index (χ1n) is 10.1. The van der Waals surface area contributed by atoms with E-state index < -0.39 is 0 Å². The van der Waals surface area contributed by atoms with Crippen LogP contribution in [0.1, 0.15) is 36.3 Å². The van der Waals surface area contributed by atoms with Gasteiger partial charge in [0, 0.05) is 19.1 Å². The number of carbonyl (C=O) groups is 1. The Labute approximate surface area is 170 Å². The molecule has 1 saturated heterocycles. The molecule has 154 valence electrons. The first-order valence-corrected chi connectivity index (χ1v) is 10.1. The van der Waals surface area contributed by atoms with Crippen molar-refractivity contribution in [2.24, 2.45) is 5.92 Å². The van der Waals surface area contributed by atoms with Gasteiger partial charge >= 0.3 is 0 Å². The van der Waals surface area contributed by atoms with Gasteiger partial charge in [-0.25, -0.2) is 4.39 Å². The molecule has 0 radical (unpaired) electrons. The van der Waals surface area contributed by atoms with Crippen LogP contribution in [0.25, 0.3) is 0 Å². The van der Waals surface area contributed by atoms with E-state index in [-0.39, 0.29) is 29.7 Å². The lowest BCUT2D eigenvalue weighted by atomic mass is 10.1. The number of amides is 1. The average molecular weight is 399 g/mol. The van der Waals surface area contributed by atoms with Gasteiger partial charge in [-0.2, -0.15) is 0 Å². The van der Waals surface area contributed by atoms with Gasteiger partial charge in [-0.1, -0.05) is 24.3 Å². The van der Waals surface area contributed by atoms with Crippen LogP contribution < -0.4 is 14.8 Å². The van der Waals surface area contributed by atoms with Crippen molar-refractivity contribution in [3.63, 3.8) is 0 Å². The van der Waals surface area contributed by atoms with E-state index in [0.717, 1.165) is 25.0 Å². The Bertz CT molecular complexity index is 866. The molecule has 2 aromatic rings. The first-order chi connectivity index (χ1) is 14.2. The smallest absolute Gasteiger partial charge is 0.224 e. The van der Waals surface area contributed by atoms with Crippen LogP contribution in [0.5, 0.6) is 11.5 Å². The zero-order chi connectivity index (χ0) is 20.2. The van der Waals surface area contributed by atoms with Crippen LogP contribution in [0.15, 0.2) is 42.5 Å². The highest BCUT2D eigenvalue weighted by Crippen LogP contribution is 2.48. The van der Waals surface area contributed by atoms with E-state index in [0.29, 0.717) is 36.6 Å². The summed E-state index contributed by atoms with van der Waals surface area (Å²) in [5.74, 6) is 0.819. The molecular formula is C23H26FNO4. The summed E-state index contributed by atoms with van der Waals surface area (Å²) in [7, 11) is 1.60. The summed E-state index contributed by atoms with van der Waals surface area (Å²) in [5.41, 5.74) is 1.55. The molecule has 5 nitrogen and oxygen atoms in total. The molecule has 1 heterocycles. The molecule has 2 aromatic carbocycles. The maximum atomic E-state index is 13.9. The van der Waals surface area contributed by atoms with Crippen molar-refractivity contribution in [3.8, 4) is 11.5 Å². The molecule has 0 bridgehead atoms. The van der Waals surface area contributed by atoms with E-state index >= 15 is 0 Å². The molecule has 3 unspecified atom stereocenters. The van der Waals surface area contributed by atoms with E-state index in [1.807, 2.05) is 18.2 Å². The molecule has 4 rings (SSSR count). The summed E-state index contributed by atoms with van der Waals surface area (Å²) in [6.07, 6.45) is 2.91. The van der Waals surface area contributed by atoms with Crippen LogP contribution in [-0.2, 0) is 16.1 Å². The van der Waals surface area contributed by atoms with Gasteiger partial charge in [-0.15, -0.1) is 0 Å². The Morgan fingerprint density at radius 2 is 2.10 bits per heavy atom. The second-order valence-electron chi connectivity index (χ2n) is 7.62. The fourth-order valence-corrected chi connectivity index (χ4v) is 3.82. The lowest BCUT2D eigenvalue weighted by Gasteiger charge is -2.15. The molecule has 1 aliphatic carbocycles. The van der Waals surface area contributed by atoms with Gasteiger partial charge in [0.1, 0.15) is 12.4 Å².